The molecule has 9 heteroatoms. The highest BCUT2D eigenvalue weighted by Crippen LogP contribution is 2.43. The van der Waals surface area contributed by atoms with Crippen LogP contribution in [0.25, 0.3) is 17.0 Å². The molecule has 0 saturated carbocycles. The Morgan fingerprint density at radius 2 is 1.74 bits per heavy atom. The zero-order valence-electron chi connectivity index (χ0n) is 20.1. The van der Waals surface area contributed by atoms with Gasteiger partial charge in [0.1, 0.15) is 51.9 Å². The van der Waals surface area contributed by atoms with Crippen molar-refractivity contribution < 1.29 is 39.8 Å². The van der Waals surface area contributed by atoms with Crippen molar-refractivity contribution in [3.8, 4) is 23.0 Å². The summed E-state index contributed by atoms with van der Waals surface area (Å²) in [6, 6.07) is 15.4. The van der Waals surface area contributed by atoms with Crippen molar-refractivity contribution in [2.75, 3.05) is 6.61 Å². The summed E-state index contributed by atoms with van der Waals surface area (Å²) in [4.78, 5) is 12.9. The number of hydrogen-bond donors (Lipinski definition) is 6. The number of aliphatic hydroxyl groups excluding tert-OH is 3. The van der Waals surface area contributed by atoms with E-state index in [1.807, 2.05) is 36.4 Å². The monoisotopic (exact) mass is 518 g/mol. The van der Waals surface area contributed by atoms with E-state index < -0.39 is 35.6 Å². The van der Waals surface area contributed by atoms with Crippen LogP contribution in [0.4, 0.5) is 0 Å². The maximum atomic E-state index is 12.9. The van der Waals surface area contributed by atoms with Crippen LogP contribution in [0, 0.1) is 0 Å². The second kappa shape index (κ2) is 9.86. The highest BCUT2D eigenvalue weighted by Gasteiger charge is 2.44. The number of hydrogen-bond acceptors (Lipinski definition) is 9. The Kier molecular flexibility index (Phi) is 6.58. The number of fused-ring (bicyclic) bond motifs is 2. The molecule has 3 aromatic carbocycles. The molecule has 0 bridgehead atoms. The van der Waals surface area contributed by atoms with E-state index in [4.69, 9.17) is 9.15 Å². The summed E-state index contributed by atoms with van der Waals surface area (Å²) in [6.07, 6.45) is 0.998. The van der Waals surface area contributed by atoms with Gasteiger partial charge in [-0.15, -0.1) is 0 Å². The highest BCUT2D eigenvalue weighted by atomic mass is 16.5. The molecule has 0 saturated heterocycles. The molecular weight excluding hydrogens is 492 g/mol. The van der Waals surface area contributed by atoms with Gasteiger partial charge in [-0.25, -0.2) is 0 Å². The molecule has 2 heterocycles. The second-order valence-electron chi connectivity index (χ2n) is 9.34. The molecule has 5 rings (SSSR count). The summed E-state index contributed by atoms with van der Waals surface area (Å²) in [6.45, 7) is -0.519. The molecule has 0 radical (unpaired) electrons. The fraction of sp³-hybridized carbons (Fsp3) is 0.207. The van der Waals surface area contributed by atoms with E-state index in [-0.39, 0.29) is 57.9 Å². The van der Waals surface area contributed by atoms with Crippen LogP contribution in [0.1, 0.15) is 35.0 Å². The lowest BCUT2D eigenvalue weighted by molar-refractivity contribution is -0.0944. The molecule has 9 nitrogen and oxygen atoms in total. The normalized spacial score (nSPS) is 19.8. The summed E-state index contributed by atoms with van der Waals surface area (Å²) in [7, 11) is 0. The Balaban J connectivity index is 1.53. The molecule has 0 amide bonds. The van der Waals surface area contributed by atoms with E-state index in [2.05, 4.69) is 0 Å². The summed E-state index contributed by atoms with van der Waals surface area (Å²) >= 11 is 0. The first-order valence-electron chi connectivity index (χ1n) is 11.9. The maximum absolute atomic E-state index is 12.9. The van der Waals surface area contributed by atoms with Gasteiger partial charge in [0.05, 0.1) is 6.61 Å². The predicted molar refractivity (Wildman–Crippen MR) is 138 cm³/mol. The first-order valence-corrected chi connectivity index (χ1v) is 11.9. The number of ether oxygens (including phenoxy) is 1. The minimum Gasteiger partial charge on any atom is -0.508 e. The average molecular weight is 519 g/mol. The molecule has 3 atom stereocenters. The summed E-state index contributed by atoms with van der Waals surface area (Å²) < 4.78 is 11.8. The Hall–Kier alpha value is -4.31. The molecule has 0 fully saturated rings. The molecule has 0 spiro atoms. The molecule has 1 aliphatic heterocycles. The van der Waals surface area contributed by atoms with Crippen LogP contribution in [0.2, 0.25) is 0 Å². The van der Waals surface area contributed by atoms with Crippen LogP contribution < -0.4 is 10.2 Å². The molecule has 6 N–H and O–H groups in total. The number of aromatic hydroxyl groups is 3. The van der Waals surface area contributed by atoms with Gasteiger partial charge in [-0.05, 0) is 23.3 Å². The number of benzene rings is 3. The Morgan fingerprint density at radius 1 is 1.03 bits per heavy atom. The maximum Gasteiger partial charge on any atom is 0.196 e. The third-order valence-electron chi connectivity index (χ3n) is 6.75. The van der Waals surface area contributed by atoms with Crippen molar-refractivity contribution in [3.05, 3.63) is 99.4 Å². The summed E-state index contributed by atoms with van der Waals surface area (Å²) in [5, 5.41) is 62.1. The van der Waals surface area contributed by atoms with Crippen LogP contribution in [-0.2, 0) is 6.42 Å². The van der Waals surface area contributed by atoms with E-state index in [9.17, 15) is 35.4 Å². The molecular formula is C29H26O9. The topological polar surface area (TPSA) is 161 Å². The van der Waals surface area contributed by atoms with Crippen molar-refractivity contribution >= 4 is 17.0 Å². The van der Waals surface area contributed by atoms with Crippen LogP contribution in [0.15, 0.2) is 76.0 Å². The van der Waals surface area contributed by atoms with E-state index in [0.29, 0.717) is 0 Å². The lowest BCUT2D eigenvalue weighted by Gasteiger charge is -2.41. The Morgan fingerprint density at radius 3 is 2.42 bits per heavy atom. The first-order chi connectivity index (χ1) is 18.2. The zero-order valence-corrected chi connectivity index (χ0v) is 20.1. The van der Waals surface area contributed by atoms with Gasteiger partial charge in [0.25, 0.3) is 0 Å². The smallest absolute Gasteiger partial charge is 0.196 e. The number of rotatable bonds is 6. The Bertz CT molecular complexity index is 1550. The molecule has 196 valence electrons. The second-order valence-corrected chi connectivity index (χ2v) is 9.34. The number of aliphatic hydroxyl groups is 3. The lowest BCUT2D eigenvalue weighted by Crippen LogP contribution is -2.54. The van der Waals surface area contributed by atoms with Crippen molar-refractivity contribution in [1.29, 1.82) is 0 Å². The van der Waals surface area contributed by atoms with Crippen molar-refractivity contribution in [3.63, 3.8) is 0 Å². The minimum absolute atomic E-state index is 0.0797. The number of phenolic OH excluding ortho intramolecular Hbond substituents is 3. The van der Waals surface area contributed by atoms with Crippen LogP contribution in [-0.4, -0.2) is 49.0 Å². The third-order valence-corrected chi connectivity index (χ3v) is 6.75. The molecule has 0 unspecified atom stereocenters. The zero-order chi connectivity index (χ0) is 27.0. The minimum atomic E-state index is -1.51. The van der Waals surface area contributed by atoms with Gasteiger partial charge in [0, 0.05) is 36.6 Å². The standard InChI is InChI=1S/C29H26O9/c30-15-29(8-4-7-16-5-2-1-3-6-16)25(34)12-20-22(38-29)14-23-26(28(20)36)21(33)13-24(37-23)27(35)17-9-18(31)11-19(32)10-17/h1-7,9-11,13-14,25,27,30-32,34-36H,8,12,15H2/b7-4+/t25-,27-,29-/m1/s1. The lowest BCUT2D eigenvalue weighted by atomic mass is 9.85. The average Bonchev–Trinajstić information content (AvgIpc) is 2.89. The van der Waals surface area contributed by atoms with Crippen LogP contribution in [0.5, 0.6) is 23.0 Å². The van der Waals surface area contributed by atoms with Crippen LogP contribution in [0.3, 0.4) is 0 Å². The molecule has 1 aliphatic rings. The number of phenols is 3. The SMILES string of the molecule is O=c1cc([C@H](O)c2cc(O)cc(O)c2)oc2cc3c(c(O)c12)C[C@@H](O)[C@](CO)(C/C=C/c1ccccc1)O3. The van der Waals surface area contributed by atoms with E-state index in [1.54, 1.807) is 6.08 Å². The van der Waals surface area contributed by atoms with Gasteiger partial charge in [-0.3, -0.25) is 4.79 Å². The predicted octanol–water partition coefficient (Wildman–Crippen LogP) is 3.12. The molecule has 1 aromatic heterocycles. The molecule has 0 aliphatic carbocycles. The van der Waals surface area contributed by atoms with Gasteiger partial charge in [-0.1, -0.05) is 42.5 Å². The quantitative estimate of drug-likeness (QED) is 0.225. The van der Waals surface area contributed by atoms with Crippen LogP contribution >= 0.6 is 0 Å². The van der Waals surface area contributed by atoms with E-state index in [1.165, 1.54) is 18.2 Å². The first kappa shape index (κ1) is 25.3. The Labute approximate surface area is 216 Å². The largest absolute Gasteiger partial charge is 0.508 e. The van der Waals surface area contributed by atoms with Gasteiger partial charge >= 0.3 is 0 Å². The van der Waals surface area contributed by atoms with Gasteiger partial charge in [-0.2, -0.15) is 0 Å². The fourth-order valence-electron chi connectivity index (χ4n) is 4.71. The molecule has 4 aromatic rings. The van der Waals surface area contributed by atoms with E-state index in [0.717, 1.165) is 17.7 Å². The van der Waals surface area contributed by atoms with Crippen molar-refractivity contribution in [1.82, 2.24) is 0 Å². The third kappa shape index (κ3) is 4.58. The van der Waals surface area contributed by atoms with Crippen molar-refractivity contribution in [2.45, 2.75) is 30.7 Å². The summed E-state index contributed by atoms with van der Waals surface area (Å²) in [5.41, 5.74) is -0.937. The summed E-state index contributed by atoms with van der Waals surface area (Å²) in [5.74, 6) is -1.08. The van der Waals surface area contributed by atoms with Gasteiger partial charge in [0.2, 0.25) is 0 Å². The highest BCUT2D eigenvalue weighted by molar-refractivity contribution is 5.87. The fourth-order valence-corrected chi connectivity index (χ4v) is 4.71. The van der Waals surface area contributed by atoms with E-state index >= 15 is 0 Å². The van der Waals surface area contributed by atoms with Gasteiger partial charge < -0.3 is 39.8 Å². The van der Waals surface area contributed by atoms with Gasteiger partial charge in [0.15, 0.2) is 11.0 Å². The molecule has 38 heavy (non-hydrogen) atoms. The van der Waals surface area contributed by atoms with Crippen molar-refractivity contribution in [2.24, 2.45) is 0 Å².